The van der Waals surface area contributed by atoms with Gasteiger partial charge >= 0.3 is 0 Å². The third-order valence-electron chi connectivity index (χ3n) is 3.15. The quantitative estimate of drug-likeness (QED) is 0.831. The third-order valence-corrected chi connectivity index (χ3v) is 4.52. The van der Waals surface area contributed by atoms with Crippen LogP contribution in [0, 0.1) is 11.6 Å². The monoisotopic (exact) mass is 327 g/mol. The summed E-state index contributed by atoms with van der Waals surface area (Å²) in [5.74, 6) is -0.917. The van der Waals surface area contributed by atoms with Crippen molar-refractivity contribution in [2.24, 2.45) is 5.73 Å². The lowest BCUT2D eigenvalue weighted by Crippen LogP contribution is -2.21. The molecule has 5 heteroatoms. The lowest BCUT2D eigenvalue weighted by Gasteiger charge is -2.14. The molecule has 0 bridgehead atoms. The van der Waals surface area contributed by atoms with E-state index in [-0.39, 0.29) is 10.9 Å². The first-order valence-electron chi connectivity index (χ1n) is 6.66. The van der Waals surface area contributed by atoms with Crippen LogP contribution in [0.3, 0.4) is 0 Å². The zero-order valence-corrected chi connectivity index (χ0v) is 13.1. The molecule has 0 aliphatic heterocycles. The standard InChI is InChI=1S/C16H16ClF2NS/c1-2-13(20)7-10-3-4-11(17)8-15(10)21-16-9-12(18)5-6-14(16)19/h3-6,8-9,13H,2,7,20H2,1H3. The van der Waals surface area contributed by atoms with Gasteiger partial charge in [-0.05, 0) is 48.7 Å². The summed E-state index contributed by atoms with van der Waals surface area (Å²) in [7, 11) is 0. The first-order valence-corrected chi connectivity index (χ1v) is 7.86. The maximum Gasteiger partial charge on any atom is 0.137 e. The maximum atomic E-state index is 13.8. The highest BCUT2D eigenvalue weighted by atomic mass is 35.5. The van der Waals surface area contributed by atoms with Crippen LogP contribution < -0.4 is 5.73 Å². The van der Waals surface area contributed by atoms with Crippen molar-refractivity contribution >= 4 is 23.4 Å². The lowest BCUT2D eigenvalue weighted by atomic mass is 10.1. The average Bonchev–Trinajstić information content (AvgIpc) is 2.45. The molecule has 2 N–H and O–H groups in total. The zero-order chi connectivity index (χ0) is 15.4. The van der Waals surface area contributed by atoms with Crippen molar-refractivity contribution in [2.45, 2.75) is 35.6 Å². The van der Waals surface area contributed by atoms with E-state index in [2.05, 4.69) is 0 Å². The predicted molar refractivity (Wildman–Crippen MR) is 83.9 cm³/mol. The minimum Gasteiger partial charge on any atom is -0.327 e. The van der Waals surface area contributed by atoms with Gasteiger partial charge in [-0.1, -0.05) is 36.4 Å². The molecule has 0 aliphatic rings. The summed E-state index contributed by atoms with van der Waals surface area (Å²) in [6.45, 7) is 2.01. The largest absolute Gasteiger partial charge is 0.327 e. The van der Waals surface area contributed by atoms with Gasteiger partial charge in [0.05, 0.1) is 4.90 Å². The van der Waals surface area contributed by atoms with Crippen molar-refractivity contribution in [1.82, 2.24) is 0 Å². The van der Waals surface area contributed by atoms with Crippen LogP contribution >= 0.6 is 23.4 Å². The zero-order valence-electron chi connectivity index (χ0n) is 11.6. The van der Waals surface area contributed by atoms with E-state index >= 15 is 0 Å². The van der Waals surface area contributed by atoms with Crippen LogP contribution in [0.15, 0.2) is 46.2 Å². The molecule has 0 saturated carbocycles. The maximum absolute atomic E-state index is 13.8. The molecule has 0 aromatic heterocycles. The van der Waals surface area contributed by atoms with Gasteiger partial charge in [-0.15, -0.1) is 0 Å². The second-order valence-corrected chi connectivity index (χ2v) is 6.32. The SMILES string of the molecule is CCC(N)Cc1ccc(Cl)cc1Sc1cc(F)ccc1F. The van der Waals surface area contributed by atoms with E-state index in [1.165, 1.54) is 17.8 Å². The molecule has 1 nitrogen and oxygen atoms in total. The number of hydrogen-bond acceptors (Lipinski definition) is 2. The second kappa shape index (κ2) is 7.25. The van der Waals surface area contributed by atoms with Crippen LogP contribution in [0.1, 0.15) is 18.9 Å². The molecule has 2 rings (SSSR count). The van der Waals surface area contributed by atoms with Crippen molar-refractivity contribution < 1.29 is 8.78 Å². The minimum absolute atomic E-state index is 0.0304. The molecule has 0 saturated heterocycles. The van der Waals surface area contributed by atoms with Gasteiger partial charge in [0.1, 0.15) is 11.6 Å². The number of halogens is 3. The van der Waals surface area contributed by atoms with Gasteiger partial charge in [0, 0.05) is 16.0 Å². The Balaban J connectivity index is 2.33. The Labute approximate surface area is 132 Å². The van der Waals surface area contributed by atoms with Crippen LogP contribution in [-0.2, 0) is 6.42 Å². The van der Waals surface area contributed by atoms with E-state index in [0.29, 0.717) is 11.4 Å². The Kier molecular flexibility index (Phi) is 5.62. The van der Waals surface area contributed by atoms with Gasteiger partial charge in [-0.3, -0.25) is 0 Å². The van der Waals surface area contributed by atoms with Crippen LogP contribution in [0.25, 0.3) is 0 Å². The second-order valence-electron chi connectivity index (χ2n) is 4.80. The highest BCUT2D eigenvalue weighted by Crippen LogP contribution is 2.35. The van der Waals surface area contributed by atoms with Gasteiger partial charge in [-0.25, -0.2) is 8.78 Å². The van der Waals surface area contributed by atoms with Gasteiger partial charge < -0.3 is 5.73 Å². The van der Waals surface area contributed by atoms with Crippen molar-refractivity contribution in [2.75, 3.05) is 0 Å². The Hall–Kier alpha value is -1.10. The number of nitrogens with two attached hydrogens (primary N) is 1. The number of hydrogen-bond donors (Lipinski definition) is 1. The molecule has 0 fully saturated rings. The summed E-state index contributed by atoms with van der Waals surface area (Å²) in [6.07, 6.45) is 1.52. The molecule has 0 aliphatic carbocycles. The summed E-state index contributed by atoms with van der Waals surface area (Å²) in [5.41, 5.74) is 6.97. The molecular weight excluding hydrogens is 312 g/mol. The van der Waals surface area contributed by atoms with Crippen LogP contribution in [-0.4, -0.2) is 6.04 Å². The molecule has 2 aromatic carbocycles. The molecule has 0 spiro atoms. The van der Waals surface area contributed by atoms with Crippen molar-refractivity contribution in [3.8, 4) is 0 Å². The van der Waals surface area contributed by atoms with E-state index in [0.717, 1.165) is 29.0 Å². The van der Waals surface area contributed by atoms with Crippen molar-refractivity contribution in [1.29, 1.82) is 0 Å². The van der Waals surface area contributed by atoms with E-state index < -0.39 is 11.6 Å². The van der Waals surface area contributed by atoms with Crippen molar-refractivity contribution in [3.05, 3.63) is 58.6 Å². The fourth-order valence-electron chi connectivity index (χ4n) is 1.89. The first-order chi connectivity index (χ1) is 9.99. The molecule has 1 atom stereocenters. The Morgan fingerprint density at radius 1 is 1.14 bits per heavy atom. The summed E-state index contributed by atoms with van der Waals surface area (Å²) in [6, 6.07) is 8.87. The molecule has 2 aromatic rings. The first kappa shape index (κ1) is 16.3. The van der Waals surface area contributed by atoms with Gasteiger partial charge in [-0.2, -0.15) is 0 Å². The summed E-state index contributed by atoms with van der Waals surface area (Å²) in [5, 5.41) is 0.558. The molecule has 1 unspecified atom stereocenters. The summed E-state index contributed by atoms with van der Waals surface area (Å²) < 4.78 is 27.0. The average molecular weight is 328 g/mol. The van der Waals surface area contributed by atoms with Crippen LogP contribution in [0.2, 0.25) is 5.02 Å². The fourth-order valence-corrected chi connectivity index (χ4v) is 3.17. The Morgan fingerprint density at radius 3 is 2.62 bits per heavy atom. The topological polar surface area (TPSA) is 26.0 Å². The molecule has 0 heterocycles. The molecule has 21 heavy (non-hydrogen) atoms. The Morgan fingerprint density at radius 2 is 1.90 bits per heavy atom. The van der Waals surface area contributed by atoms with E-state index in [9.17, 15) is 8.78 Å². The normalized spacial score (nSPS) is 12.4. The summed E-state index contributed by atoms with van der Waals surface area (Å²) >= 11 is 7.18. The third kappa shape index (κ3) is 4.43. The molecular formula is C16H16ClF2NS. The molecule has 0 amide bonds. The fraction of sp³-hybridized carbons (Fsp3) is 0.250. The predicted octanol–water partition coefficient (Wildman–Crippen LogP) is 5.05. The smallest absolute Gasteiger partial charge is 0.137 e. The highest BCUT2D eigenvalue weighted by molar-refractivity contribution is 7.99. The lowest BCUT2D eigenvalue weighted by molar-refractivity contribution is 0.577. The summed E-state index contributed by atoms with van der Waals surface area (Å²) in [4.78, 5) is 1.04. The van der Waals surface area contributed by atoms with Gasteiger partial charge in [0.15, 0.2) is 0 Å². The van der Waals surface area contributed by atoms with Crippen LogP contribution in [0.5, 0.6) is 0 Å². The van der Waals surface area contributed by atoms with Crippen LogP contribution in [0.4, 0.5) is 8.78 Å². The minimum atomic E-state index is -0.465. The molecule has 0 radical (unpaired) electrons. The van der Waals surface area contributed by atoms with E-state index in [4.69, 9.17) is 17.3 Å². The van der Waals surface area contributed by atoms with E-state index in [1.54, 1.807) is 12.1 Å². The Bertz CT molecular complexity index is 634. The van der Waals surface area contributed by atoms with Gasteiger partial charge in [0.25, 0.3) is 0 Å². The number of rotatable bonds is 5. The number of benzene rings is 2. The molecule has 112 valence electrons. The van der Waals surface area contributed by atoms with Gasteiger partial charge in [0.2, 0.25) is 0 Å². The van der Waals surface area contributed by atoms with E-state index in [1.807, 2.05) is 13.0 Å². The van der Waals surface area contributed by atoms with Crippen molar-refractivity contribution in [3.63, 3.8) is 0 Å². The highest BCUT2D eigenvalue weighted by Gasteiger charge is 2.12.